The van der Waals surface area contributed by atoms with Gasteiger partial charge in [0.25, 0.3) is 0 Å². The second kappa shape index (κ2) is 4.24. The Bertz CT molecular complexity index is 185. The lowest BCUT2D eigenvalue weighted by Crippen LogP contribution is -2.10. The molecule has 1 aliphatic carbocycles. The van der Waals surface area contributed by atoms with Crippen LogP contribution in [0.4, 0.5) is 0 Å². The Labute approximate surface area is 72.6 Å². The second-order valence-electron chi connectivity index (χ2n) is 3.23. The van der Waals surface area contributed by atoms with E-state index < -0.39 is 0 Å². The summed E-state index contributed by atoms with van der Waals surface area (Å²) in [7, 11) is 0. The topological polar surface area (TPSA) is 50.2 Å². The predicted molar refractivity (Wildman–Crippen MR) is 46.3 cm³/mol. The second-order valence-corrected chi connectivity index (χ2v) is 3.23. The summed E-state index contributed by atoms with van der Waals surface area (Å²) in [5.41, 5.74) is 0.524. The zero-order valence-corrected chi connectivity index (χ0v) is 7.43. The highest BCUT2D eigenvalue weighted by Gasteiger charge is 2.23. The lowest BCUT2D eigenvalue weighted by molar-refractivity contribution is -0.141. The van der Waals surface area contributed by atoms with E-state index in [0.29, 0.717) is 18.2 Å². The molecule has 0 aromatic rings. The van der Waals surface area contributed by atoms with E-state index in [4.69, 9.17) is 10.1 Å². The Morgan fingerprint density at radius 3 is 2.75 bits per heavy atom. The first kappa shape index (κ1) is 9.23. The van der Waals surface area contributed by atoms with E-state index in [-0.39, 0.29) is 12.4 Å². The molecule has 0 atom stereocenters. The molecule has 0 bridgehead atoms. The normalized spacial score (nSPS) is 15.8. The zero-order chi connectivity index (χ0) is 8.97. The first-order chi connectivity index (χ1) is 5.72. The maximum absolute atomic E-state index is 10.9. The van der Waals surface area contributed by atoms with Crippen LogP contribution >= 0.6 is 0 Å². The molecule has 0 aliphatic heterocycles. The first-order valence-electron chi connectivity index (χ1n) is 4.44. The van der Waals surface area contributed by atoms with Crippen LogP contribution in [0, 0.1) is 11.3 Å². The minimum absolute atomic E-state index is 0.185. The minimum atomic E-state index is -0.261. The molecular weight excluding hydrogens is 154 g/mol. The fourth-order valence-electron chi connectivity index (χ4n) is 1.13. The molecule has 0 heterocycles. The largest absolute Gasteiger partial charge is 0.466 e. The van der Waals surface area contributed by atoms with Crippen molar-refractivity contribution in [1.82, 2.24) is 0 Å². The van der Waals surface area contributed by atoms with E-state index in [1.807, 2.05) is 0 Å². The SMILES string of the molecule is CCOC(=O)CC(=N)CC1CC1. The molecule has 3 nitrogen and oxygen atoms in total. The smallest absolute Gasteiger partial charge is 0.311 e. The molecule has 0 saturated heterocycles. The lowest BCUT2D eigenvalue weighted by atomic mass is 10.1. The molecule has 1 fully saturated rings. The number of carbonyl (C=O) groups excluding carboxylic acids is 1. The van der Waals surface area contributed by atoms with Gasteiger partial charge >= 0.3 is 5.97 Å². The van der Waals surface area contributed by atoms with Crippen molar-refractivity contribution in [2.24, 2.45) is 5.92 Å². The number of nitrogens with one attached hydrogen (secondary N) is 1. The Morgan fingerprint density at radius 1 is 1.58 bits per heavy atom. The van der Waals surface area contributed by atoms with Gasteiger partial charge in [-0.1, -0.05) is 0 Å². The molecule has 0 radical (unpaired) electrons. The van der Waals surface area contributed by atoms with Crippen molar-refractivity contribution in [2.45, 2.75) is 32.6 Å². The Morgan fingerprint density at radius 2 is 2.25 bits per heavy atom. The van der Waals surface area contributed by atoms with Crippen molar-refractivity contribution in [3.8, 4) is 0 Å². The van der Waals surface area contributed by atoms with Crippen LogP contribution in [0.2, 0.25) is 0 Å². The molecule has 3 heteroatoms. The van der Waals surface area contributed by atoms with Gasteiger partial charge in [-0.25, -0.2) is 0 Å². The molecule has 0 spiro atoms. The molecule has 1 aliphatic rings. The molecule has 0 amide bonds. The highest BCUT2D eigenvalue weighted by molar-refractivity contribution is 5.97. The Hall–Kier alpha value is -0.860. The van der Waals surface area contributed by atoms with Gasteiger partial charge in [0.05, 0.1) is 13.0 Å². The van der Waals surface area contributed by atoms with Crippen LogP contribution in [-0.2, 0) is 9.53 Å². The third-order valence-electron chi connectivity index (χ3n) is 1.90. The van der Waals surface area contributed by atoms with E-state index >= 15 is 0 Å². The van der Waals surface area contributed by atoms with E-state index in [1.165, 1.54) is 12.8 Å². The van der Waals surface area contributed by atoms with Gasteiger partial charge in [-0.15, -0.1) is 0 Å². The molecule has 0 unspecified atom stereocenters. The van der Waals surface area contributed by atoms with Crippen molar-refractivity contribution in [1.29, 1.82) is 5.41 Å². The molecule has 0 aromatic carbocycles. The van der Waals surface area contributed by atoms with Crippen molar-refractivity contribution in [2.75, 3.05) is 6.61 Å². The highest BCUT2D eigenvalue weighted by Crippen LogP contribution is 2.32. The van der Waals surface area contributed by atoms with Crippen molar-refractivity contribution in [3.05, 3.63) is 0 Å². The summed E-state index contributed by atoms with van der Waals surface area (Å²) in [5.74, 6) is 0.426. The van der Waals surface area contributed by atoms with E-state index in [2.05, 4.69) is 0 Å². The van der Waals surface area contributed by atoms with Crippen LogP contribution in [0.1, 0.15) is 32.6 Å². The average molecular weight is 169 g/mol. The molecule has 1 rings (SSSR count). The van der Waals surface area contributed by atoms with Gasteiger partial charge < -0.3 is 10.1 Å². The molecular formula is C9H15NO2. The average Bonchev–Trinajstić information content (AvgIpc) is 2.71. The number of esters is 1. The minimum Gasteiger partial charge on any atom is -0.466 e. The molecule has 12 heavy (non-hydrogen) atoms. The van der Waals surface area contributed by atoms with E-state index in [1.54, 1.807) is 6.92 Å². The monoisotopic (exact) mass is 169 g/mol. The Balaban J connectivity index is 2.11. The standard InChI is InChI=1S/C9H15NO2/c1-2-12-9(11)6-8(10)5-7-3-4-7/h7,10H,2-6H2,1H3. The lowest BCUT2D eigenvalue weighted by Gasteiger charge is -2.02. The summed E-state index contributed by atoms with van der Waals surface area (Å²) in [6, 6.07) is 0. The fourth-order valence-corrected chi connectivity index (χ4v) is 1.13. The van der Waals surface area contributed by atoms with Crippen LogP contribution in [-0.4, -0.2) is 18.3 Å². The number of rotatable bonds is 5. The van der Waals surface area contributed by atoms with Gasteiger partial charge in [-0.2, -0.15) is 0 Å². The quantitative estimate of drug-likeness (QED) is 0.503. The predicted octanol–water partition coefficient (Wildman–Crippen LogP) is 1.76. The molecule has 1 saturated carbocycles. The van der Waals surface area contributed by atoms with Crippen LogP contribution in [0.15, 0.2) is 0 Å². The summed E-state index contributed by atoms with van der Waals surface area (Å²) in [6.07, 6.45) is 3.43. The number of hydrogen-bond acceptors (Lipinski definition) is 3. The molecule has 1 N–H and O–H groups in total. The highest BCUT2D eigenvalue weighted by atomic mass is 16.5. The summed E-state index contributed by atoms with van der Waals surface area (Å²) in [6.45, 7) is 2.19. The third-order valence-corrected chi connectivity index (χ3v) is 1.90. The van der Waals surface area contributed by atoms with Gasteiger partial charge in [0.2, 0.25) is 0 Å². The summed E-state index contributed by atoms with van der Waals surface area (Å²) in [4.78, 5) is 10.9. The van der Waals surface area contributed by atoms with Gasteiger partial charge in [0, 0.05) is 5.71 Å². The first-order valence-corrected chi connectivity index (χ1v) is 4.44. The van der Waals surface area contributed by atoms with Gasteiger partial charge in [0.15, 0.2) is 0 Å². The number of carbonyl (C=O) groups is 1. The zero-order valence-electron chi connectivity index (χ0n) is 7.43. The van der Waals surface area contributed by atoms with Crippen LogP contribution < -0.4 is 0 Å². The fraction of sp³-hybridized carbons (Fsp3) is 0.778. The summed E-state index contributed by atoms with van der Waals surface area (Å²) in [5, 5.41) is 7.47. The van der Waals surface area contributed by atoms with E-state index in [9.17, 15) is 4.79 Å². The van der Waals surface area contributed by atoms with Gasteiger partial charge in [-0.3, -0.25) is 4.79 Å². The Kier molecular flexibility index (Phi) is 3.26. The van der Waals surface area contributed by atoms with Crippen molar-refractivity contribution < 1.29 is 9.53 Å². The number of ether oxygens (including phenoxy) is 1. The van der Waals surface area contributed by atoms with Gasteiger partial charge in [0.1, 0.15) is 0 Å². The maximum Gasteiger partial charge on any atom is 0.311 e. The van der Waals surface area contributed by atoms with Gasteiger partial charge in [-0.05, 0) is 32.1 Å². The summed E-state index contributed by atoms with van der Waals surface area (Å²) < 4.78 is 4.73. The third kappa shape index (κ3) is 3.51. The molecule has 68 valence electrons. The van der Waals surface area contributed by atoms with Crippen LogP contribution in [0.5, 0.6) is 0 Å². The van der Waals surface area contributed by atoms with E-state index in [0.717, 1.165) is 6.42 Å². The van der Waals surface area contributed by atoms with Crippen molar-refractivity contribution in [3.63, 3.8) is 0 Å². The molecule has 0 aromatic heterocycles. The maximum atomic E-state index is 10.9. The summed E-state index contributed by atoms with van der Waals surface area (Å²) >= 11 is 0. The van der Waals surface area contributed by atoms with Crippen LogP contribution in [0.3, 0.4) is 0 Å². The van der Waals surface area contributed by atoms with Crippen LogP contribution in [0.25, 0.3) is 0 Å². The van der Waals surface area contributed by atoms with Crippen molar-refractivity contribution >= 4 is 11.7 Å². The number of hydrogen-bond donors (Lipinski definition) is 1.